The molecule has 3 aliphatic heterocycles. The minimum atomic E-state index is -0.672. The lowest BCUT2D eigenvalue weighted by Crippen LogP contribution is -2.68. The number of hydrogen-bond donors (Lipinski definition) is 2. The van der Waals surface area contributed by atoms with Gasteiger partial charge in [0.05, 0.1) is 11.1 Å². The first-order chi connectivity index (χ1) is 10.2. The maximum atomic E-state index is 12.1. The molecular formula is C15H17ClN2O3. The standard InChI is InChI=1S/C15H17ClN2O3/c16-11-3-1-2-10-12-8-15(21-13(10)11,18-14(19)17-12)9-4-6-20-7-5-9/h1-3,9,12H,4-8H2,(H2,17,18,19). The van der Waals surface area contributed by atoms with Crippen LogP contribution in [0.4, 0.5) is 4.79 Å². The second-order valence-electron chi connectivity index (χ2n) is 5.89. The number of carbonyl (C=O) groups is 1. The minimum Gasteiger partial charge on any atom is -0.466 e. The second kappa shape index (κ2) is 4.78. The molecule has 2 amide bonds. The van der Waals surface area contributed by atoms with E-state index >= 15 is 0 Å². The second-order valence-corrected chi connectivity index (χ2v) is 6.30. The molecule has 2 fully saturated rings. The first-order valence-electron chi connectivity index (χ1n) is 7.32. The van der Waals surface area contributed by atoms with Crippen molar-refractivity contribution in [2.75, 3.05) is 13.2 Å². The SMILES string of the molecule is O=C1NC2CC(C3CCOCC3)(N1)Oc1c(Cl)cccc12. The highest BCUT2D eigenvalue weighted by atomic mass is 35.5. The number of para-hydroxylation sites is 1. The number of ether oxygens (including phenoxy) is 2. The van der Waals surface area contributed by atoms with Gasteiger partial charge in [-0.25, -0.2) is 4.79 Å². The Kier molecular flexibility index (Phi) is 3.01. The summed E-state index contributed by atoms with van der Waals surface area (Å²) >= 11 is 6.30. The number of amides is 2. The van der Waals surface area contributed by atoms with Gasteiger partial charge in [-0.3, -0.25) is 5.32 Å². The number of benzene rings is 1. The summed E-state index contributed by atoms with van der Waals surface area (Å²) in [6.07, 6.45) is 2.48. The lowest BCUT2D eigenvalue weighted by atomic mass is 9.79. The van der Waals surface area contributed by atoms with Crippen LogP contribution in [0.1, 0.15) is 30.9 Å². The van der Waals surface area contributed by atoms with Gasteiger partial charge < -0.3 is 14.8 Å². The van der Waals surface area contributed by atoms with Gasteiger partial charge in [0.2, 0.25) is 0 Å². The molecule has 1 aromatic carbocycles. The molecule has 6 heteroatoms. The zero-order valence-corrected chi connectivity index (χ0v) is 12.3. The monoisotopic (exact) mass is 308 g/mol. The van der Waals surface area contributed by atoms with E-state index < -0.39 is 5.72 Å². The van der Waals surface area contributed by atoms with Gasteiger partial charge in [-0.1, -0.05) is 23.7 Å². The Bertz CT molecular complexity index is 588. The van der Waals surface area contributed by atoms with E-state index in [-0.39, 0.29) is 18.0 Å². The summed E-state index contributed by atoms with van der Waals surface area (Å²) < 4.78 is 11.7. The Morgan fingerprint density at radius 2 is 2.10 bits per heavy atom. The number of rotatable bonds is 1. The van der Waals surface area contributed by atoms with E-state index in [0.717, 1.165) is 24.8 Å². The van der Waals surface area contributed by atoms with Crippen LogP contribution < -0.4 is 15.4 Å². The molecule has 2 unspecified atom stereocenters. The van der Waals surface area contributed by atoms with Crippen LogP contribution in [0.15, 0.2) is 18.2 Å². The number of fused-ring (bicyclic) bond motifs is 4. The number of halogens is 1. The Morgan fingerprint density at radius 1 is 1.29 bits per heavy atom. The zero-order chi connectivity index (χ0) is 14.4. The van der Waals surface area contributed by atoms with Gasteiger partial charge in [-0.05, 0) is 18.9 Å². The van der Waals surface area contributed by atoms with Crippen molar-refractivity contribution in [1.82, 2.24) is 10.6 Å². The molecule has 1 aromatic rings. The van der Waals surface area contributed by atoms with E-state index in [1.165, 1.54) is 0 Å². The van der Waals surface area contributed by atoms with Gasteiger partial charge >= 0.3 is 6.03 Å². The van der Waals surface area contributed by atoms with E-state index in [9.17, 15) is 4.79 Å². The molecule has 2 bridgehead atoms. The smallest absolute Gasteiger partial charge is 0.318 e. The fourth-order valence-electron chi connectivity index (χ4n) is 3.65. The van der Waals surface area contributed by atoms with Crippen molar-refractivity contribution in [2.45, 2.75) is 31.0 Å². The third-order valence-corrected chi connectivity index (χ3v) is 4.97. The van der Waals surface area contributed by atoms with Gasteiger partial charge in [0.15, 0.2) is 5.72 Å². The number of nitrogens with one attached hydrogen (secondary N) is 2. The highest BCUT2D eigenvalue weighted by molar-refractivity contribution is 6.32. The van der Waals surface area contributed by atoms with Crippen molar-refractivity contribution < 1.29 is 14.3 Å². The highest BCUT2D eigenvalue weighted by Crippen LogP contribution is 2.48. The largest absolute Gasteiger partial charge is 0.466 e. The van der Waals surface area contributed by atoms with Crippen molar-refractivity contribution in [3.05, 3.63) is 28.8 Å². The maximum absolute atomic E-state index is 12.1. The summed E-state index contributed by atoms with van der Waals surface area (Å²) in [4.78, 5) is 12.1. The fourth-order valence-corrected chi connectivity index (χ4v) is 3.87. The van der Waals surface area contributed by atoms with Crippen LogP contribution in [0.25, 0.3) is 0 Å². The van der Waals surface area contributed by atoms with Crippen LogP contribution in [-0.2, 0) is 4.74 Å². The minimum absolute atomic E-state index is 0.0518. The van der Waals surface area contributed by atoms with Gasteiger partial charge in [0.25, 0.3) is 0 Å². The van der Waals surface area contributed by atoms with Crippen LogP contribution in [0.5, 0.6) is 5.75 Å². The molecule has 0 aliphatic carbocycles. The first-order valence-corrected chi connectivity index (χ1v) is 7.70. The Labute approximate surface area is 127 Å². The first kappa shape index (κ1) is 13.2. The van der Waals surface area contributed by atoms with Crippen LogP contribution in [0.2, 0.25) is 5.02 Å². The molecule has 4 rings (SSSR count). The number of carbonyl (C=O) groups excluding carboxylic acids is 1. The van der Waals surface area contributed by atoms with E-state index in [1.807, 2.05) is 18.2 Å². The molecule has 21 heavy (non-hydrogen) atoms. The molecule has 2 N–H and O–H groups in total. The summed E-state index contributed by atoms with van der Waals surface area (Å²) in [5.41, 5.74) is 0.287. The van der Waals surface area contributed by atoms with Crippen molar-refractivity contribution in [3.63, 3.8) is 0 Å². The number of hydrogen-bond acceptors (Lipinski definition) is 3. The predicted octanol–water partition coefficient (Wildman–Crippen LogP) is 2.60. The topological polar surface area (TPSA) is 59.6 Å². The molecule has 3 heterocycles. The summed E-state index contributed by atoms with van der Waals surface area (Å²) in [5, 5.41) is 6.58. The number of urea groups is 1. The molecule has 0 radical (unpaired) electrons. The maximum Gasteiger partial charge on any atom is 0.318 e. The predicted molar refractivity (Wildman–Crippen MR) is 77.4 cm³/mol. The quantitative estimate of drug-likeness (QED) is 0.838. The third kappa shape index (κ3) is 2.07. The Morgan fingerprint density at radius 3 is 2.90 bits per heavy atom. The summed E-state index contributed by atoms with van der Waals surface area (Å²) in [6, 6.07) is 5.44. The molecule has 0 spiro atoms. The van der Waals surface area contributed by atoms with Crippen molar-refractivity contribution in [1.29, 1.82) is 0 Å². The van der Waals surface area contributed by atoms with Gasteiger partial charge in [0, 0.05) is 31.1 Å². The average Bonchev–Trinajstić information content (AvgIpc) is 2.49. The van der Waals surface area contributed by atoms with Crippen LogP contribution in [0, 0.1) is 5.92 Å². The van der Waals surface area contributed by atoms with Gasteiger partial charge in [-0.2, -0.15) is 0 Å². The molecule has 0 saturated carbocycles. The lowest BCUT2D eigenvalue weighted by Gasteiger charge is -2.51. The molecule has 2 saturated heterocycles. The van der Waals surface area contributed by atoms with Crippen molar-refractivity contribution in [2.24, 2.45) is 5.92 Å². The van der Waals surface area contributed by atoms with Gasteiger partial charge in [-0.15, -0.1) is 0 Å². The molecule has 112 valence electrons. The normalized spacial score (nSPS) is 31.7. The molecule has 2 atom stereocenters. The van der Waals surface area contributed by atoms with Gasteiger partial charge in [0.1, 0.15) is 5.75 Å². The van der Waals surface area contributed by atoms with E-state index in [1.54, 1.807) is 0 Å². The lowest BCUT2D eigenvalue weighted by molar-refractivity contribution is -0.0879. The molecule has 0 aromatic heterocycles. The van der Waals surface area contributed by atoms with E-state index in [4.69, 9.17) is 21.1 Å². The molecule has 3 aliphatic rings. The van der Waals surface area contributed by atoms with Crippen molar-refractivity contribution in [3.8, 4) is 5.75 Å². The molecular weight excluding hydrogens is 292 g/mol. The zero-order valence-electron chi connectivity index (χ0n) is 11.5. The van der Waals surface area contributed by atoms with Crippen LogP contribution >= 0.6 is 11.6 Å². The Hall–Kier alpha value is -1.46. The average molecular weight is 309 g/mol. The van der Waals surface area contributed by atoms with E-state index in [2.05, 4.69) is 10.6 Å². The van der Waals surface area contributed by atoms with Crippen LogP contribution in [0.3, 0.4) is 0 Å². The Balaban J connectivity index is 1.77. The summed E-state index contributed by atoms with van der Waals surface area (Å²) in [6.45, 7) is 1.41. The van der Waals surface area contributed by atoms with Crippen LogP contribution in [-0.4, -0.2) is 25.0 Å². The fraction of sp³-hybridized carbons (Fsp3) is 0.533. The summed E-state index contributed by atoms with van der Waals surface area (Å²) in [5.74, 6) is 0.929. The van der Waals surface area contributed by atoms with E-state index in [0.29, 0.717) is 24.0 Å². The molecule has 5 nitrogen and oxygen atoms in total. The summed E-state index contributed by atoms with van der Waals surface area (Å²) in [7, 11) is 0. The van der Waals surface area contributed by atoms with Crippen molar-refractivity contribution >= 4 is 17.6 Å². The third-order valence-electron chi connectivity index (χ3n) is 4.68. The highest BCUT2D eigenvalue weighted by Gasteiger charge is 2.52.